The zero-order valence-electron chi connectivity index (χ0n) is 19.9. The van der Waals surface area contributed by atoms with Gasteiger partial charge in [-0.3, -0.25) is 14.4 Å². The van der Waals surface area contributed by atoms with Gasteiger partial charge >= 0.3 is 0 Å². The minimum atomic E-state index is -4.06. The number of thiazole rings is 1. The van der Waals surface area contributed by atoms with E-state index in [1.165, 1.54) is 55.8 Å². The van der Waals surface area contributed by atoms with Gasteiger partial charge in [0.15, 0.2) is 5.13 Å². The molecular formula is C25H21ClFN3O5S2. The highest BCUT2D eigenvalue weighted by molar-refractivity contribution is 7.92. The zero-order chi connectivity index (χ0) is 26.7. The van der Waals surface area contributed by atoms with Crippen LogP contribution in [0.2, 0.25) is 5.02 Å². The van der Waals surface area contributed by atoms with Crippen LogP contribution in [0.25, 0.3) is 11.3 Å². The van der Waals surface area contributed by atoms with E-state index in [1.807, 2.05) is 0 Å². The van der Waals surface area contributed by atoms with E-state index in [-0.39, 0.29) is 26.3 Å². The van der Waals surface area contributed by atoms with Crippen LogP contribution < -0.4 is 19.1 Å². The minimum absolute atomic E-state index is 0.0500. The molecule has 0 fully saturated rings. The number of ether oxygens (including phenoxy) is 2. The molecule has 1 aromatic heterocycles. The summed E-state index contributed by atoms with van der Waals surface area (Å²) in [5.41, 5.74) is 1.43. The van der Waals surface area contributed by atoms with Crippen molar-refractivity contribution in [3.8, 4) is 22.8 Å². The van der Waals surface area contributed by atoms with Gasteiger partial charge in [-0.15, -0.1) is 11.3 Å². The number of benzene rings is 3. The topological polar surface area (TPSA) is 97.8 Å². The maximum absolute atomic E-state index is 13.3. The van der Waals surface area contributed by atoms with Crippen molar-refractivity contribution in [1.29, 1.82) is 0 Å². The molecule has 192 valence electrons. The number of carbonyl (C=O) groups excluding carboxylic acids is 1. The van der Waals surface area contributed by atoms with Crippen LogP contribution in [0, 0.1) is 5.82 Å². The standard InChI is InChI=1S/C25H21ClFN3O5S2/c1-30(16-6-4-15(27)5-7-16)37(32,33)18-9-10-21(26)19(13-18)24(31)29-25-28-22(14-36-25)20-12-17(34-2)8-11-23(20)35-3/h4-14H,1-3H3,(H,28,29,31). The summed E-state index contributed by atoms with van der Waals surface area (Å²) in [5, 5.41) is 4.74. The van der Waals surface area contributed by atoms with Crippen molar-refractivity contribution in [2.24, 2.45) is 0 Å². The normalized spacial score (nSPS) is 11.2. The molecule has 37 heavy (non-hydrogen) atoms. The van der Waals surface area contributed by atoms with E-state index < -0.39 is 21.7 Å². The van der Waals surface area contributed by atoms with E-state index in [0.29, 0.717) is 22.8 Å². The van der Waals surface area contributed by atoms with Crippen molar-refractivity contribution in [1.82, 2.24) is 4.98 Å². The quantitative estimate of drug-likeness (QED) is 0.296. The Kier molecular flexibility index (Phi) is 7.67. The third-order valence-corrected chi connectivity index (χ3v) is 8.31. The Hall–Kier alpha value is -3.67. The molecule has 8 nitrogen and oxygen atoms in total. The second-order valence-electron chi connectivity index (χ2n) is 7.65. The zero-order valence-corrected chi connectivity index (χ0v) is 22.2. The second kappa shape index (κ2) is 10.8. The number of carbonyl (C=O) groups is 1. The summed E-state index contributed by atoms with van der Waals surface area (Å²) < 4.78 is 51.2. The summed E-state index contributed by atoms with van der Waals surface area (Å²) in [5.74, 6) is 0.0696. The summed E-state index contributed by atoms with van der Waals surface area (Å²) in [6.45, 7) is 0. The summed E-state index contributed by atoms with van der Waals surface area (Å²) in [6, 6.07) is 14.1. The van der Waals surface area contributed by atoms with E-state index in [9.17, 15) is 17.6 Å². The van der Waals surface area contributed by atoms with Crippen LogP contribution in [-0.4, -0.2) is 40.6 Å². The van der Waals surface area contributed by atoms with Crippen LogP contribution in [0.15, 0.2) is 70.9 Å². The van der Waals surface area contributed by atoms with Crippen LogP contribution in [-0.2, 0) is 10.0 Å². The van der Waals surface area contributed by atoms with Crippen molar-refractivity contribution >= 4 is 49.7 Å². The summed E-state index contributed by atoms with van der Waals surface area (Å²) >= 11 is 7.42. The van der Waals surface area contributed by atoms with Crippen molar-refractivity contribution in [3.05, 3.63) is 82.4 Å². The summed E-state index contributed by atoms with van der Waals surface area (Å²) in [7, 11) is 0.359. The first kappa shape index (κ1) is 26.4. The van der Waals surface area contributed by atoms with E-state index in [1.54, 1.807) is 30.7 Å². The highest BCUT2D eigenvalue weighted by atomic mass is 35.5. The number of nitrogens with one attached hydrogen (secondary N) is 1. The SMILES string of the molecule is COc1ccc(OC)c(-c2csc(NC(=O)c3cc(S(=O)(=O)N(C)c4ccc(F)cc4)ccc3Cl)n2)c1. The molecule has 1 N–H and O–H groups in total. The van der Waals surface area contributed by atoms with Gasteiger partial charge in [0.25, 0.3) is 15.9 Å². The van der Waals surface area contributed by atoms with Gasteiger partial charge in [-0.05, 0) is 60.7 Å². The molecule has 4 rings (SSSR count). The predicted molar refractivity (Wildman–Crippen MR) is 142 cm³/mol. The molecule has 0 spiro atoms. The van der Waals surface area contributed by atoms with Crippen LogP contribution in [0.3, 0.4) is 0 Å². The number of amides is 1. The smallest absolute Gasteiger partial charge is 0.264 e. The van der Waals surface area contributed by atoms with Crippen LogP contribution in [0.4, 0.5) is 15.2 Å². The first-order chi connectivity index (χ1) is 17.6. The predicted octanol–water partition coefficient (Wildman–Crippen LogP) is 5.70. The average molecular weight is 562 g/mol. The van der Waals surface area contributed by atoms with Crippen molar-refractivity contribution in [3.63, 3.8) is 0 Å². The molecule has 0 aliphatic rings. The van der Waals surface area contributed by atoms with Gasteiger partial charge in [-0.25, -0.2) is 17.8 Å². The Labute approximate surface area is 222 Å². The molecule has 4 aromatic rings. The van der Waals surface area contributed by atoms with Gasteiger partial charge < -0.3 is 9.47 Å². The maximum atomic E-state index is 13.3. The number of halogens is 2. The van der Waals surface area contributed by atoms with Gasteiger partial charge in [0.2, 0.25) is 0 Å². The largest absolute Gasteiger partial charge is 0.497 e. The van der Waals surface area contributed by atoms with Crippen LogP contribution >= 0.6 is 22.9 Å². The molecule has 0 saturated carbocycles. The number of aromatic nitrogens is 1. The Morgan fingerprint density at radius 1 is 1.05 bits per heavy atom. The van der Waals surface area contributed by atoms with Gasteiger partial charge in [0.1, 0.15) is 17.3 Å². The molecular weight excluding hydrogens is 541 g/mol. The maximum Gasteiger partial charge on any atom is 0.264 e. The first-order valence-electron chi connectivity index (χ1n) is 10.7. The lowest BCUT2D eigenvalue weighted by molar-refractivity contribution is 0.102. The third kappa shape index (κ3) is 5.53. The Morgan fingerprint density at radius 2 is 1.78 bits per heavy atom. The number of hydrogen-bond donors (Lipinski definition) is 1. The van der Waals surface area contributed by atoms with E-state index in [4.69, 9.17) is 21.1 Å². The fourth-order valence-corrected chi connectivity index (χ4v) is 5.55. The molecule has 0 saturated heterocycles. The molecule has 1 amide bonds. The lowest BCUT2D eigenvalue weighted by Crippen LogP contribution is -2.27. The Bertz CT molecular complexity index is 1560. The molecule has 12 heteroatoms. The molecule has 0 aliphatic heterocycles. The van der Waals surface area contributed by atoms with Crippen molar-refractivity contribution in [2.45, 2.75) is 4.90 Å². The molecule has 0 bridgehead atoms. The van der Waals surface area contributed by atoms with Crippen LogP contribution in [0.1, 0.15) is 10.4 Å². The van der Waals surface area contributed by atoms with Gasteiger partial charge in [-0.1, -0.05) is 11.6 Å². The summed E-state index contributed by atoms with van der Waals surface area (Å²) in [4.78, 5) is 17.3. The monoisotopic (exact) mass is 561 g/mol. The summed E-state index contributed by atoms with van der Waals surface area (Å²) in [6.07, 6.45) is 0. The number of hydrogen-bond acceptors (Lipinski definition) is 7. The fraction of sp³-hybridized carbons (Fsp3) is 0.120. The fourth-order valence-electron chi connectivity index (χ4n) is 3.42. The van der Waals surface area contributed by atoms with E-state index in [2.05, 4.69) is 10.3 Å². The van der Waals surface area contributed by atoms with Gasteiger partial charge in [-0.2, -0.15) is 0 Å². The van der Waals surface area contributed by atoms with E-state index in [0.717, 1.165) is 16.4 Å². The molecule has 0 aliphatic carbocycles. The lowest BCUT2D eigenvalue weighted by Gasteiger charge is -2.20. The third-order valence-electron chi connectivity index (χ3n) is 5.44. The average Bonchev–Trinajstić information content (AvgIpc) is 3.36. The molecule has 3 aromatic carbocycles. The van der Waals surface area contributed by atoms with Crippen molar-refractivity contribution < 1.29 is 27.1 Å². The molecule has 0 atom stereocenters. The molecule has 1 heterocycles. The highest BCUT2D eigenvalue weighted by Crippen LogP contribution is 2.35. The first-order valence-corrected chi connectivity index (χ1v) is 13.4. The minimum Gasteiger partial charge on any atom is -0.497 e. The van der Waals surface area contributed by atoms with E-state index >= 15 is 0 Å². The van der Waals surface area contributed by atoms with Gasteiger partial charge in [0, 0.05) is 18.0 Å². The molecule has 0 unspecified atom stereocenters. The van der Waals surface area contributed by atoms with Crippen molar-refractivity contribution in [2.75, 3.05) is 30.9 Å². The Morgan fingerprint density at radius 3 is 2.46 bits per heavy atom. The second-order valence-corrected chi connectivity index (χ2v) is 10.9. The number of methoxy groups -OCH3 is 2. The number of nitrogens with zero attached hydrogens (tertiary/aromatic N) is 2. The van der Waals surface area contributed by atoms with Gasteiger partial charge in [0.05, 0.1) is 41.1 Å². The number of sulfonamides is 1. The number of rotatable bonds is 8. The highest BCUT2D eigenvalue weighted by Gasteiger charge is 2.24. The molecule has 0 radical (unpaired) electrons. The number of anilines is 2. The Balaban J connectivity index is 1.59. The van der Waals surface area contributed by atoms with Crippen LogP contribution in [0.5, 0.6) is 11.5 Å². The lowest BCUT2D eigenvalue weighted by atomic mass is 10.1.